The van der Waals surface area contributed by atoms with Gasteiger partial charge in [0.2, 0.25) is 0 Å². The van der Waals surface area contributed by atoms with Gasteiger partial charge in [0.25, 0.3) is 0 Å². The molecule has 220 valence electrons. The van der Waals surface area contributed by atoms with Crippen LogP contribution in [0.3, 0.4) is 0 Å². The minimum Gasteiger partial charge on any atom is -0.410 e. The van der Waals surface area contributed by atoms with Crippen molar-refractivity contribution in [3.05, 3.63) is 58.4 Å². The van der Waals surface area contributed by atoms with Gasteiger partial charge in [-0.2, -0.15) is 13.2 Å². The molecule has 1 fully saturated rings. The fourth-order valence-corrected chi connectivity index (χ4v) is 7.56. The monoisotopic (exact) mass is 573 g/mol. The lowest BCUT2D eigenvalue weighted by atomic mass is 9.70. The van der Waals surface area contributed by atoms with Crippen LogP contribution in [-0.2, 0) is 23.6 Å². The van der Waals surface area contributed by atoms with E-state index in [2.05, 4.69) is 54.3 Å². The summed E-state index contributed by atoms with van der Waals surface area (Å²) in [6.45, 7) is 21.3. The number of halogens is 3. The third-order valence-electron chi connectivity index (χ3n) is 9.31. The molecule has 0 unspecified atom stereocenters. The molecule has 1 heterocycles. The first kappa shape index (κ1) is 31.0. The zero-order valence-electron chi connectivity index (χ0n) is 25.5. The van der Waals surface area contributed by atoms with Crippen LogP contribution >= 0.6 is 0 Å². The van der Waals surface area contributed by atoms with Crippen molar-refractivity contribution in [3.63, 3.8) is 0 Å². The fourth-order valence-electron chi connectivity index (χ4n) is 6.29. The van der Waals surface area contributed by atoms with Crippen molar-refractivity contribution in [1.29, 1.82) is 0 Å². The fraction of sp³-hybridized carbons (Fsp3) is 0.606. The Labute approximate surface area is 239 Å². The Balaban J connectivity index is 2.14. The molecule has 0 aliphatic heterocycles. The molecule has 0 bridgehead atoms. The van der Waals surface area contributed by atoms with Crippen molar-refractivity contribution in [2.24, 2.45) is 5.41 Å². The van der Waals surface area contributed by atoms with Crippen molar-refractivity contribution in [2.75, 3.05) is 0 Å². The molecule has 2 aliphatic carbocycles. The number of pyridine rings is 1. The molecule has 0 amide bonds. The molecular weight excluding hydrogens is 527 g/mol. The van der Waals surface area contributed by atoms with E-state index in [0.717, 1.165) is 61.4 Å². The molecule has 40 heavy (non-hydrogen) atoms. The third kappa shape index (κ3) is 5.98. The summed E-state index contributed by atoms with van der Waals surface area (Å²) in [5, 5.41) is 9.91. The lowest BCUT2D eigenvalue weighted by Crippen LogP contribution is -2.44. The Hall–Kier alpha value is -1.96. The highest BCUT2D eigenvalue weighted by Gasteiger charge is 2.46. The molecule has 0 spiro atoms. The normalized spacial score (nSPS) is 20.1. The third-order valence-corrected chi connectivity index (χ3v) is 13.8. The smallest absolute Gasteiger partial charge is 0.410 e. The maximum atomic E-state index is 14.6. The highest BCUT2D eigenvalue weighted by atomic mass is 28.4. The molecule has 2 aromatic rings. The number of rotatable bonds is 6. The van der Waals surface area contributed by atoms with Crippen molar-refractivity contribution < 1.29 is 22.7 Å². The van der Waals surface area contributed by atoms with Gasteiger partial charge >= 0.3 is 6.18 Å². The highest BCUT2D eigenvalue weighted by Crippen LogP contribution is 2.54. The van der Waals surface area contributed by atoms with E-state index in [1.807, 2.05) is 6.92 Å². The molecule has 7 heteroatoms. The average Bonchev–Trinajstić information content (AvgIpc) is 3.34. The highest BCUT2D eigenvalue weighted by molar-refractivity contribution is 6.74. The van der Waals surface area contributed by atoms with E-state index in [0.29, 0.717) is 22.4 Å². The molecule has 0 radical (unpaired) electrons. The number of hydrogen-bond acceptors (Lipinski definition) is 3. The van der Waals surface area contributed by atoms with Gasteiger partial charge in [0.1, 0.15) is 0 Å². The van der Waals surface area contributed by atoms with Crippen LogP contribution in [0.15, 0.2) is 24.8 Å². The van der Waals surface area contributed by atoms with Crippen LogP contribution in [0.4, 0.5) is 13.2 Å². The molecule has 1 saturated carbocycles. The number of hydrogen-bond donors (Lipinski definition) is 1. The van der Waals surface area contributed by atoms with E-state index < -0.39 is 20.1 Å². The van der Waals surface area contributed by atoms with Gasteiger partial charge < -0.3 is 9.53 Å². The lowest BCUT2D eigenvalue weighted by Gasteiger charge is -2.45. The number of benzene rings is 1. The second kappa shape index (κ2) is 10.7. The molecule has 1 aromatic heterocycles. The van der Waals surface area contributed by atoms with Gasteiger partial charge in [-0.3, -0.25) is 4.98 Å². The summed E-state index contributed by atoms with van der Waals surface area (Å²) < 4.78 is 50.8. The summed E-state index contributed by atoms with van der Waals surface area (Å²) in [7, 11) is -2.23. The van der Waals surface area contributed by atoms with Crippen molar-refractivity contribution in [1.82, 2.24) is 4.98 Å². The summed E-state index contributed by atoms with van der Waals surface area (Å²) in [6, 6.07) is 3.97. The Kier molecular flexibility index (Phi) is 8.29. The zero-order chi connectivity index (χ0) is 29.8. The van der Waals surface area contributed by atoms with Gasteiger partial charge in [-0.25, -0.2) is 0 Å². The Morgan fingerprint density at radius 1 is 1.12 bits per heavy atom. The SMILES string of the molecule is C=C(C)c1nc2c(c(C3CCCC3)c1-c1cc(CO)ccc1C(F)(F)F)[C@@H](O[Si](C)(C)C(C)(C)C)CC(C)(C)C2. The number of allylic oxidation sites excluding steroid dienone is 1. The molecule has 1 N–H and O–H groups in total. The second-order valence-electron chi connectivity index (χ2n) is 14.3. The number of aliphatic hydroxyl groups excluding tert-OH is 1. The molecule has 1 atom stereocenters. The van der Waals surface area contributed by atoms with Gasteiger partial charge in [-0.15, -0.1) is 0 Å². The number of alkyl halides is 3. The van der Waals surface area contributed by atoms with Crippen LogP contribution < -0.4 is 0 Å². The van der Waals surface area contributed by atoms with Gasteiger partial charge in [0.05, 0.1) is 24.0 Å². The number of nitrogens with zero attached hydrogens (tertiary/aromatic N) is 1. The van der Waals surface area contributed by atoms with Crippen molar-refractivity contribution in [2.45, 2.75) is 123 Å². The lowest BCUT2D eigenvalue weighted by molar-refractivity contribution is -0.137. The van der Waals surface area contributed by atoms with Crippen LogP contribution in [0.1, 0.15) is 119 Å². The first-order valence-corrected chi connectivity index (χ1v) is 17.5. The summed E-state index contributed by atoms with van der Waals surface area (Å²) in [6.07, 6.45) is 0.684. The van der Waals surface area contributed by atoms with E-state index in [1.165, 1.54) is 12.1 Å². The van der Waals surface area contributed by atoms with E-state index in [1.54, 1.807) is 0 Å². The van der Waals surface area contributed by atoms with Gasteiger partial charge in [-0.1, -0.05) is 60.1 Å². The van der Waals surface area contributed by atoms with Gasteiger partial charge in [0.15, 0.2) is 8.32 Å². The summed E-state index contributed by atoms with van der Waals surface area (Å²) in [5.41, 5.74) is 4.40. The summed E-state index contributed by atoms with van der Waals surface area (Å²) >= 11 is 0. The molecule has 0 saturated heterocycles. The van der Waals surface area contributed by atoms with E-state index in [-0.39, 0.29) is 34.6 Å². The van der Waals surface area contributed by atoms with Crippen molar-refractivity contribution in [3.8, 4) is 11.1 Å². The molecular formula is C33H46F3NO2Si. The van der Waals surface area contributed by atoms with Gasteiger partial charge in [0, 0.05) is 16.8 Å². The zero-order valence-corrected chi connectivity index (χ0v) is 26.5. The number of fused-ring (bicyclic) bond motifs is 1. The minimum atomic E-state index is -4.56. The molecule has 2 aliphatic rings. The topological polar surface area (TPSA) is 42.4 Å². The predicted molar refractivity (Wildman–Crippen MR) is 160 cm³/mol. The summed E-state index contributed by atoms with van der Waals surface area (Å²) in [5.74, 6) is 0.121. The number of aromatic nitrogens is 1. The maximum Gasteiger partial charge on any atom is 0.417 e. The minimum absolute atomic E-state index is 0.0188. The molecule has 4 rings (SSSR count). The Morgan fingerprint density at radius 3 is 2.27 bits per heavy atom. The first-order chi connectivity index (χ1) is 18.4. The van der Waals surface area contributed by atoms with Crippen LogP contribution in [-0.4, -0.2) is 18.4 Å². The second-order valence-corrected chi connectivity index (χ2v) is 19.1. The van der Waals surface area contributed by atoms with Gasteiger partial charge in [-0.05, 0) is 96.5 Å². The van der Waals surface area contributed by atoms with E-state index >= 15 is 0 Å². The maximum absolute atomic E-state index is 14.6. The Morgan fingerprint density at radius 2 is 1.75 bits per heavy atom. The number of aliphatic hydroxyl groups is 1. The molecule has 3 nitrogen and oxygen atoms in total. The van der Waals surface area contributed by atoms with Crippen LogP contribution in [0.5, 0.6) is 0 Å². The largest absolute Gasteiger partial charge is 0.417 e. The average molecular weight is 574 g/mol. The van der Waals surface area contributed by atoms with E-state index in [9.17, 15) is 18.3 Å². The van der Waals surface area contributed by atoms with E-state index in [4.69, 9.17) is 9.41 Å². The quantitative estimate of drug-likeness (QED) is 0.350. The standard InChI is InChI=1S/C33H46F3NO2Si/c1-20(2)30-28(23-16-21(19-38)14-15-24(23)33(34,35)36)27(22-12-10-11-13-22)29-25(37-30)17-32(6,7)18-26(29)39-40(8,9)31(3,4)5/h14-16,22,26,38H,1,10-13,17-19H2,2-9H3/t26-/m0/s1. The first-order valence-electron chi connectivity index (χ1n) is 14.6. The van der Waals surface area contributed by atoms with Crippen LogP contribution in [0, 0.1) is 5.41 Å². The molecule has 1 aromatic carbocycles. The Bertz CT molecular complexity index is 1280. The van der Waals surface area contributed by atoms with Crippen molar-refractivity contribution >= 4 is 13.9 Å². The van der Waals surface area contributed by atoms with Crippen LogP contribution in [0.25, 0.3) is 16.7 Å². The van der Waals surface area contributed by atoms with Crippen LogP contribution in [0.2, 0.25) is 18.1 Å². The predicted octanol–water partition coefficient (Wildman–Crippen LogP) is 9.99. The summed E-state index contributed by atoms with van der Waals surface area (Å²) in [4.78, 5) is 5.14.